The van der Waals surface area contributed by atoms with Gasteiger partial charge in [0.2, 0.25) is 0 Å². The molecule has 1 aromatic heterocycles. The van der Waals surface area contributed by atoms with Gasteiger partial charge in [0.1, 0.15) is 11.0 Å². The van der Waals surface area contributed by atoms with Crippen LogP contribution < -0.4 is 10.6 Å². The first kappa shape index (κ1) is 11.4. The van der Waals surface area contributed by atoms with Crippen molar-refractivity contribution in [2.75, 3.05) is 5.32 Å². The van der Waals surface area contributed by atoms with E-state index >= 15 is 0 Å². The molecule has 0 amide bonds. The minimum Gasteiger partial charge on any atom is -0.365 e. The summed E-state index contributed by atoms with van der Waals surface area (Å²) in [5.74, 6) is 0.695. The van der Waals surface area contributed by atoms with Crippen LogP contribution in [0.5, 0.6) is 0 Å². The molecule has 1 aromatic carbocycles. The number of benzene rings is 1. The van der Waals surface area contributed by atoms with Gasteiger partial charge in [0.15, 0.2) is 0 Å². The fraction of sp³-hybridized carbons (Fsp3) is 0.231. The highest BCUT2D eigenvalue weighted by Gasteiger charge is 2.09. The lowest BCUT2D eigenvalue weighted by Crippen LogP contribution is -2.02. The highest BCUT2D eigenvalue weighted by Crippen LogP contribution is 2.17. The van der Waals surface area contributed by atoms with Crippen molar-refractivity contribution in [1.82, 2.24) is 15.3 Å². The predicted molar refractivity (Wildman–Crippen MR) is 71.4 cm³/mol. The summed E-state index contributed by atoms with van der Waals surface area (Å²) in [6.07, 6.45) is 3.19. The number of anilines is 1. The maximum Gasteiger partial charge on any atom is 0.149 e. The number of hydrogen-bond acceptors (Lipinski definition) is 4. The van der Waals surface area contributed by atoms with Gasteiger partial charge in [-0.1, -0.05) is 29.8 Å². The molecule has 1 aliphatic rings. The van der Waals surface area contributed by atoms with Gasteiger partial charge in [0.05, 0.1) is 12.4 Å². The van der Waals surface area contributed by atoms with E-state index < -0.39 is 0 Å². The van der Waals surface area contributed by atoms with Crippen molar-refractivity contribution in [3.8, 4) is 0 Å². The van der Waals surface area contributed by atoms with Crippen LogP contribution in [0.2, 0.25) is 5.15 Å². The van der Waals surface area contributed by atoms with Crippen molar-refractivity contribution in [2.24, 2.45) is 0 Å². The second-order valence-corrected chi connectivity index (χ2v) is 4.67. The van der Waals surface area contributed by atoms with E-state index in [1.165, 1.54) is 22.9 Å². The summed E-state index contributed by atoms with van der Waals surface area (Å²) < 4.78 is 0. The molecule has 0 unspecified atom stereocenters. The second kappa shape index (κ2) is 4.92. The Labute approximate surface area is 110 Å². The van der Waals surface area contributed by atoms with Crippen LogP contribution in [0.1, 0.15) is 16.7 Å². The Kier molecular flexibility index (Phi) is 3.13. The molecule has 4 nitrogen and oxygen atoms in total. The lowest BCUT2D eigenvalue weighted by Gasteiger charge is -2.07. The van der Waals surface area contributed by atoms with Crippen molar-refractivity contribution in [1.29, 1.82) is 0 Å². The fourth-order valence-corrected chi connectivity index (χ4v) is 2.23. The Hall–Kier alpha value is -1.65. The van der Waals surface area contributed by atoms with E-state index in [2.05, 4.69) is 38.8 Å². The van der Waals surface area contributed by atoms with Gasteiger partial charge >= 0.3 is 0 Å². The molecule has 1 aliphatic heterocycles. The van der Waals surface area contributed by atoms with Gasteiger partial charge in [-0.05, 0) is 16.7 Å². The summed E-state index contributed by atoms with van der Waals surface area (Å²) >= 11 is 5.78. The maximum atomic E-state index is 5.78. The second-order valence-electron chi connectivity index (χ2n) is 4.29. The predicted octanol–water partition coefficient (Wildman–Crippen LogP) is 2.35. The smallest absolute Gasteiger partial charge is 0.149 e. The van der Waals surface area contributed by atoms with E-state index in [1.807, 2.05) is 0 Å². The van der Waals surface area contributed by atoms with E-state index in [0.29, 0.717) is 11.0 Å². The van der Waals surface area contributed by atoms with Crippen molar-refractivity contribution in [3.63, 3.8) is 0 Å². The van der Waals surface area contributed by atoms with Crippen molar-refractivity contribution < 1.29 is 0 Å². The SMILES string of the molecule is Clc1cncc(NCc2ccc3c(c2)CNC3)n1. The lowest BCUT2D eigenvalue weighted by molar-refractivity contribution is 0.764. The zero-order chi connectivity index (χ0) is 12.4. The van der Waals surface area contributed by atoms with Gasteiger partial charge in [-0.3, -0.25) is 4.98 Å². The fourth-order valence-electron chi connectivity index (χ4n) is 2.08. The molecule has 5 heteroatoms. The average Bonchev–Trinajstić information content (AvgIpc) is 2.84. The van der Waals surface area contributed by atoms with E-state index in [-0.39, 0.29) is 0 Å². The number of fused-ring (bicyclic) bond motifs is 1. The maximum absolute atomic E-state index is 5.78. The molecule has 92 valence electrons. The number of aromatic nitrogens is 2. The van der Waals surface area contributed by atoms with Crippen LogP contribution in [-0.4, -0.2) is 9.97 Å². The van der Waals surface area contributed by atoms with Crippen LogP contribution in [0.25, 0.3) is 0 Å². The Morgan fingerprint density at radius 2 is 2.11 bits per heavy atom. The normalized spacial score (nSPS) is 13.4. The summed E-state index contributed by atoms with van der Waals surface area (Å²) in [6, 6.07) is 6.53. The third-order valence-electron chi connectivity index (χ3n) is 2.98. The molecule has 0 bridgehead atoms. The molecule has 0 saturated carbocycles. The summed E-state index contributed by atoms with van der Waals surface area (Å²) in [5, 5.41) is 6.95. The van der Waals surface area contributed by atoms with Gasteiger partial charge in [0.25, 0.3) is 0 Å². The van der Waals surface area contributed by atoms with Crippen LogP contribution >= 0.6 is 11.6 Å². The molecular weight excluding hydrogens is 248 g/mol. The number of rotatable bonds is 3. The van der Waals surface area contributed by atoms with Gasteiger partial charge in [-0.25, -0.2) is 4.98 Å². The minimum atomic E-state index is 0.401. The molecular formula is C13H13ClN4. The Balaban J connectivity index is 1.70. The third kappa shape index (κ3) is 2.44. The molecule has 2 aromatic rings. The molecule has 2 heterocycles. The van der Waals surface area contributed by atoms with Gasteiger partial charge in [-0.2, -0.15) is 0 Å². The summed E-state index contributed by atoms with van der Waals surface area (Å²) in [6.45, 7) is 2.66. The Morgan fingerprint density at radius 3 is 3.00 bits per heavy atom. The van der Waals surface area contributed by atoms with Crippen molar-refractivity contribution in [2.45, 2.75) is 19.6 Å². The first-order chi connectivity index (χ1) is 8.81. The van der Waals surface area contributed by atoms with Crippen LogP contribution in [0.15, 0.2) is 30.6 Å². The van der Waals surface area contributed by atoms with Crippen molar-refractivity contribution >= 4 is 17.4 Å². The van der Waals surface area contributed by atoms with E-state index in [1.54, 1.807) is 6.20 Å². The summed E-state index contributed by atoms with van der Waals surface area (Å²) in [4.78, 5) is 8.13. The van der Waals surface area contributed by atoms with E-state index in [9.17, 15) is 0 Å². The lowest BCUT2D eigenvalue weighted by atomic mass is 10.1. The Morgan fingerprint density at radius 1 is 1.22 bits per heavy atom. The van der Waals surface area contributed by atoms with Crippen LogP contribution in [0.3, 0.4) is 0 Å². The first-order valence-corrected chi connectivity index (χ1v) is 6.22. The zero-order valence-corrected chi connectivity index (χ0v) is 10.5. The monoisotopic (exact) mass is 260 g/mol. The highest BCUT2D eigenvalue weighted by atomic mass is 35.5. The molecule has 2 N–H and O–H groups in total. The quantitative estimate of drug-likeness (QED) is 0.890. The number of halogens is 1. The van der Waals surface area contributed by atoms with Crippen LogP contribution in [0, 0.1) is 0 Å². The van der Waals surface area contributed by atoms with E-state index in [0.717, 1.165) is 19.6 Å². The largest absolute Gasteiger partial charge is 0.365 e. The standard InChI is InChI=1S/C13H13ClN4/c14-12-7-16-8-13(18-12)17-4-9-1-2-10-5-15-6-11(10)3-9/h1-3,7-8,15H,4-6H2,(H,17,18). The molecule has 0 atom stereocenters. The number of hydrogen-bond donors (Lipinski definition) is 2. The minimum absolute atomic E-state index is 0.401. The van der Waals surface area contributed by atoms with E-state index in [4.69, 9.17) is 11.6 Å². The molecule has 0 fully saturated rings. The summed E-state index contributed by atoms with van der Waals surface area (Å²) in [7, 11) is 0. The molecule has 0 saturated heterocycles. The van der Waals surface area contributed by atoms with Crippen LogP contribution in [0.4, 0.5) is 5.82 Å². The van der Waals surface area contributed by atoms with Crippen molar-refractivity contribution in [3.05, 3.63) is 52.4 Å². The highest BCUT2D eigenvalue weighted by molar-refractivity contribution is 6.29. The Bertz CT molecular complexity index is 571. The molecule has 0 radical (unpaired) electrons. The zero-order valence-electron chi connectivity index (χ0n) is 9.78. The average molecular weight is 261 g/mol. The summed E-state index contributed by atoms with van der Waals surface area (Å²) in [5.41, 5.74) is 4.01. The van der Waals surface area contributed by atoms with Crippen LogP contribution in [-0.2, 0) is 19.6 Å². The molecule has 0 spiro atoms. The number of nitrogens with zero attached hydrogens (tertiary/aromatic N) is 2. The van der Waals surface area contributed by atoms with Gasteiger partial charge < -0.3 is 10.6 Å². The third-order valence-corrected chi connectivity index (χ3v) is 3.16. The van der Waals surface area contributed by atoms with Gasteiger partial charge in [0, 0.05) is 19.6 Å². The first-order valence-electron chi connectivity index (χ1n) is 5.84. The van der Waals surface area contributed by atoms with Gasteiger partial charge in [-0.15, -0.1) is 0 Å². The molecule has 3 rings (SSSR count). The topological polar surface area (TPSA) is 49.8 Å². The molecule has 18 heavy (non-hydrogen) atoms. The molecule has 0 aliphatic carbocycles. The number of nitrogens with one attached hydrogen (secondary N) is 2.